The zero-order chi connectivity index (χ0) is 22.4. The predicted molar refractivity (Wildman–Crippen MR) is 133 cm³/mol. The van der Waals surface area contributed by atoms with Crippen molar-refractivity contribution in [2.24, 2.45) is 0 Å². The number of hydrogen-bond acceptors (Lipinski definition) is 2. The molecule has 0 bridgehead atoms. The van der Waals surface area contributed by atoms with Gasteiger partial charge in [0.1, 0.15) is 6.17 Å². The van der Waals surface area contributed by atoms with Gasteiger partial charge < -0.3 is 10.6 Å². The molecule has 0 aliphatic heterocycles. The Kier molecular flexibility index (Phi) is 14.6. The molecule has 0 aromatic heterocycles. The highest BCUT2D eigenvalue weighted by atomic mass is 35.6. The van der Waals surface area contributed by atoms with E-state index in [1.807, 2.05) is 0 Å². The van der Waals surface area contributed by atoms with Crippen LogP contribution in [0.3, 0.4) is 0 Å². The summed E-state index contributed by atoms with van der Waals surface area (Å²) in [6.07, 6.45) is 13.0. The largest absolute Gasteiger partial charge is 0.361 e. The third kappa shape index (κ3) is 12.7. The number of hydrogen-bond donors (Lipinski definition) is 2. The zero-order valence-corrected chi connectivity index (χ0v) is 21.4. The molecule has 0 saturated heterocycles. The minimum Gasteiger partial charge on any atom is -0.361 e. The minimum atomic E-state index is -1.74. The van der Waals surface area contributed by atoms with Crippen LogP contribution in [0.15, 0.2) is 18.2 Å². The number of benzene rings is 1. The number of rotatable bonds is 15. The highest BCUT2D eigenvalue weighted by Gasteiger charge is 2.34. The molecule has 0 aliphatic carbocycles. The van der Waals surface area contributed by atoms with Gasteiger partial charge in [-0.1, -0.05) is 129 Å². The number of carbonyl (C=O) groups excluding carboxylic acids is 1. The lowest BCUT2D eigenvalue weighted by Gasteiger charge is -2.28. The highest BCUT2D eigenvalue weighted by molar-refractivity contribution is 6.68. The molecule has 0 spiro atoms. The molecule has 1 aromatic rings. The summed E-state index contributed by atoms with van der Waals surface area (Å²) >= 11 is 30.2. The van der Waals surface area contributed by atoms with Gasteiger partial charge in [-0.25, -0.2) is 0 Å². The van der Waals surface area contributed by atoms with Gasteiger partial charge in [-0.15, -0.1) is 0 Å². The fourth-order valence-corrected chi connectivity index (χ4v) is 3.94. The molecule has 1 amide bonds. The molecule has 1 unspecified atom stereocenters. The van der Waals surface area contributed by atoms with Crippen molar-refractivity contribution in [2.75, 3.05) is 5.32 Å². The SMILES string of the molecule is CCCCCCCCCCCCCC(=O)NC(Nc1ccc(Cl)cc1Cl)C(Cl)(Cl)Cl. The molecule has 172 valence electrons. The molecular formula is C22H33Cl5N2O. The Morgan fingerprint density at radius 1 is 0.900 bits per heavy atom. The van der Waals surface area contributed by atoms with Crippen molar-refractivity contribution in [3.63, 3.8) is 0 Å². The summed E-state index contributed by atoms with van der Waals surface area (Å²) in [5.74, 6) is -0.167. The van der Waals surface area contributed by atoms with Gasteiger partial charge in [0.15, 0.2) is 0 Å². The predicted octanol–water partition coefficient (Wildman–Crippen LogP) is 8.92. The monoisotopic (exact) mass is 516 g/mol. The van der Waals surface area contributed by atoms with Crippen LogP contribution in [0, 0.1) is 0 Å². The first-order chi connectivity index (χ1) is 14.2. The van der Waals surface area contributed by atoms with E-state index in [0.717, 1.165) is 19.3 Å². The number of nitrogens with one attached hydrogen (secondary N) is 2. The number of amides is 1. The lowest BCUT2D eigenvalue weighted by molar-refractivity contribution is -0.121. The van der Waals surface area contributed by atoms with E-state index in [9.17, 15) is 4.79 Å². The molecule has 0 saturated carbocycles. The van der Waals surface area contributed by atoms with Crippen molar-refractivity contribution >= 4 is 69.6 Å². The van der Waals surface area contributed by atoms with Crippen molar-refractivity contribution < 1.29 is 4.79 Å². The number of halogens is 5. The van der Waals surface area contributed by atoms with E-state index >= 15 is 0 Å². The van der Waals surface area contributed by atoms with Crippen LogP contribution in [0.4, 0.5) is 5.69 Å². The van der Waals surface area contributed by atoms with E-state index in [2.05, 4.69) is 17.6 Å². The zero-order valence-electron chi connectivity index (χ0n) is 17.6. The second-order valence-electron chi connectivity index (χ2n) is 7.60. The highest BCUT2D eigenvalue weighted by Crippen LogP contribution is 2.33. The third-order valence-corrected chi connectivity index (χ3v) is 6.07. The molecular weight excluding hydrogens is 486 g/mol. The van der Waals surface area contributed by atoms with Gasteiger partial charge in [0.25, 0.3) is 0 Å². The van der Waals surface area contributed by atoms with Crippen LogP contribution in [0.25, 0.3) is 0 Å². The lowest BCUT2D eigenvalue weighted by Crippen LogP contribution is -2.49. The van der Waals surface area contributed by atoms with Crippen molar-refractivity contribution in [2.45, 2.75) is 93.9 Å². The van der Waals surface area contributed by atoms with Gasteiger partial charge in [0.2, 0.25) is 9.70 Å². The molecule has 1 atom stereocenters. The fraction of sp³-hybridized carbons (Fsp3) is 0.682. The van der Waals surface area contributed by atoms with Gasteiger partial charge in [0.05, 0.1) is 10.7 Å². The lowest BCUT2D eigenvalue weighted by atomic mass is 10.1. The number of carbonyl (C=O) groups is 1. The standard InChI is InChI=1S/C22H33Cl5N2O/c1-2-3-4-5-6-7-8-9-10-11-12-13-20(30)29-21(22(25,26)27)28-19-15-14-17(23)16-18(19)24/h14-16,21,28H,2-13H2,1H3,(H,29,30). The van der Waals surface area contributed by atoms with E-state index < -0.39 is 9.96 Å². The van der Waals surface area contributed by atoms with Crippen molar-refractivity contribution in [3.05, 3.63) is 28.2 Å². The smallest absolute Gasteiger partial charge is 0.228 e. The quantitative estimate of drug-likeness (QED) is 0.138. The first-order valence-electron chi connectivity index (χ1n) is 10.8. The summed E-state index contributed by atoms with van der Waals surface area (Å²) in [6, 6.07) is 4.91. The number of anilines is 1. The average molecular weight is 519 g/mol. The molecule has 3 nitrogen and oxygen atoms in total. The van der Waals surface area contributed by atoms with Gasteiger partial charge in [-0.3, -0.25) is 4.79 Å². The molecule has 1 rings (SSSR count). The Morgan fingerprint density at radius 2 is 1.43 bits per heavy atom. The Balaban J connectivity index is 2.26. The van der Waals surface area contributed by atoms with Crippen LogP contribution in [0.1, 0.15) is 84.0 Å². The summed E-state index contributed by atoms with van der Waals surface area (Å²) in [5, 5.41) is 6.59. The summed E-state index contributed by atoms with van der Waals surface area (Å²) in [4.78, 5) is 12.3. The van der Waals surface area contributed by atoms with Crippen LogP contribution in [-0.2, 0) is 4.79 Å². The topological polar surface area (TPSA) is 41.1 Å². The van der Waals surface area contributed by atoms with Crippen LogP contribution >= 0.6 is 58.0 Å². The van der Waals surface area contributed by atoms with Gasteiger partial charge in [-0.05, 0) is 24.6 Å². The second kappa shape index (κ2) is 15.7. The Labute approximate surface area is 206 Å². The van der Waals surface area contributed by atoms with Gasteiger partial charge >= 0.3 is 0 Å². The van der Waals surface area contributed by atoms with Crippen LogP contribution < -0.4 is 10.6 Å². The van der Waals surface area contributed by atoms with Crippen molar-refractivity contribution in [1.82, 2.24) is 5.32 Å². The number of unbranched alkanes of at least 4 members (excludes halogenated alkanes) is 10. The van der Waals surface area contributed by atoms with Gasteiger partial charge in [-0.2, -0.15) is 0 Å². The molecule has 0 radical (unpaired) electrons. The van der Waals surface area contributed by atoms with Crippen molar-refractivity contribution in [1.29, 1.82) is 0 Å². The fourth-order valence-electron chi connectivity index (χ4n) is 3.14. The Bertz CT molecular complexity index is 622. The first kappa shape index (κ1) is 28.0. The van der Waals surface area contributed by atoms with E-state index in [4.69, 9.17) is 58.0 Å². The second-order valence-corrected chi connectivity index (χ2v) is 10.8. The molecule has 0 aliphatic rings. The normalized spacial score (nSPS) is 12.6. The van der Waals surface area contributed by atoms with E-state index in [1.165, 1.54) is 51.4 Å². The van der Waals surface area contributed by atoms with Crippen LogP contribution in [-0.4, -0.2) is 15.9 Å². The number of alkyl halides is 3. The summed E-state index contributed by atoms with van der Waals surface area (Å²) in [7, 11) is 0. The maximum atomic E-state index is 12.3. The maximum Gasteiger partial charge on any atom is 0.228 e. The first-order valence-corrected chi connectivity index (χ1v) is 12.7. The van der Waals surface area contributed by atoms with E-state index in [-0.39, 0.29) is 5.91 Å². The Hall–Kier alpha value is -0.0600. The van der Waals surface area contributed by atoms with E-state index in [0.29, 0.717) is 22.2 Å². The minimum absolute atomic E-state index is 0.167. The molecule has 8 heteroatoms. The maximum absolute atomic E-state index is 12.3. The summed E-state index contributed by atoms with van der Waals surface area (Å²) < 4.78 is -1.74. The molecule has 2 N–H and O–H groups in total. The third-order valence-electron chi connectivity index (χ3n) is 4.87. The van der Waals surface area contributed by atoms with Gasteiger partial charge in [0, 0.05) is 11.4 Å². The van der Waals surface area contributed by atoms with E-state index in [1.54, 1.807) is 18.2 Å². The van der Waals surface area contributed by atoms with Crippen LogP contribution in [0.5, 0.6) is 0 Å². The average Bonchev–Trinajstić information content (AvgIpc) is 2.66. The van der Waals surface area contributed by atoms with Crippen LogP contribution in [0.2, 0.25) is 10.0 Å². The molecule has 30 heavy (non-hydrogen) atoms. The summed E-state index contributed by atoms with van der Waals surface area (Å²) in [5.41, 5.74) is 0.521. The molecule has 0 fully saturated rings. The summed E-state index contributed by atoms with van der Waals surface area (Å²) in [6.45, 7) is 2.24. The molecule has 0 heterocycles. The molecule has 1 aromatic carbocycles. The Morgan fingerprint density at radius 3 is 1.93 bits per heavy atom. The van der Waals surface area contributed by atoms with Crippen molar-refractivity contribution in [3.8, 4) is 0 Å².